The Morgan fingerprint density at radius 1 is 1.30 bits per heavy atom. The molecule has 3 heteroatoms. The number of rotatable bonds is 3. The van der Waals surface area contributed by atoms with Crippen molar-refractivity contribution in [3.63, 3.8) is 0 Å². The Kier molecular flexibility index (Phi) is 3.81. The minimum atomic E-state index is -0.632. The molecule has 1 fully saturated rings. The fourth-order valence-corrected chi connectivity index (χ4v) is 3.89. The molecule has 0 heterocycles. The van der Waals surface area contributed by atoms with Gasteiger partial charge < -0.3 is 11.1 Å². The molecule has 0 saturated heterocycles. The van der Waals surface area contributed by atoms with Gasteiger partial charge in [-0.25, -0.2) is 0 Å². The van der Waals surface area contributed by atoms with Gasteiger partial charge in [-0.05, 0) is 49.1 Å². The fraction of sp³-hybridized carbons (Fsp3) is 0.588. The third kappa shape index (κ3) is 2.97. The second-order valence-corrected chi connectivity index (χ2v) is 7.24. The maximum absolute atomic E-state index is 12.2. The van der Waals surface area contributed by atoms with Crippen LogP contribution in [0.2, 0.25) is 0 Å². The lowest BCUT2D eigenvalue weighted by molar-refractivity contribution is -0.125. The molecule has 1 aromatic rings. The van der Waals surface area contributed by atoms with E-state index in [-0.39, 0.29) is 11.3 Å². The summed E-state index contributed by atoms with van der Waals surface area (Å²) in [6.45, 7) is 8.70. The van der Waals surface area contributed by atoms with E-state index in [0.717, 1.165) is 30.5 Å². The van der Waals surface area contributed by atoms with Crippen molar-refractivity contribution in [2.24, 2.45) is 17.1 Å². The van der Waals surface area contributed by atoms with E-state index in [9.17, 15) is 4.79 Å². The number of hydrogen-bond donors (Lipinski definition) is 2. The number of carbonyl (C=O) groups is 1. The summed E-state index contributed by atoms with van der Waals surface area (Å²) in [5, 5.41) is 3.47. The van der Waals surface area contributed by atoms with Crippen molar-refractivity contribution in [1.29, 1.82) is 0 Å². The van der Waals surface area contributed by atoms with E-state index < -0.39 is 5.54 Å². The first-order chi connectivity index (χ1) is 9.24. The third-order valence-corrected chi connectivity index (χ3v) is 4.37. The number of benzene rings is 1. The van der Waals surface area contributed by atoms with E-state index in [0.29, 0.717) is 5.92 Å². The van der Waals surface area contributed by atoms with Crippen LogP contribution in [0.1, 0.15) is 45.6 Å². The number of anilines is 1. The first-order valence-electron chi connectivity index (χ1n) is 7.38. The molecule has 1 amide bonds. The predicted octanol–water partition coefficient (Wildman–Crippen LogP) is 3.48. The van der Waals surface area contributed by atoms with Crippen LogP contribution in [-0.4, -0.2) is 11.4 Å². The molecule has 20 heavy (non-hydrogen) atoms. The van der Waals surface area contributed by atoms with E-state index in [1.807, 2.05) is 18.2 Å². The number of amides is 1. The molecule has 1 aliphatic carbocycles. The molecule has 2 atom stereocenters. The van der Waals surface area contributed by atoms with Crippen molar-refractivity contribution in [2.75, 3.05) is 5.32 Å². The molecular weight excluding hydrogens is 248 g/mol. The van der Waals surface area contributed by atoms with Crippen molar-refractivity contribution < 1.29 is 4.79 Å². The van der Waals surface area contributed by atoms with Crippen LogP contribution in [0.15, 0.2) is 24.3 Å². The number of nitrogens with one attached hydrogen (secondary N) is 1. The molecule has 0 aliphatic heterocycles. The first kappa shape index (κ1) is 14.9. The average molecular weight is 274 g/mol. The Morgan fingerprint density at radius 2 is 1.95 bits per heavy atom. The Bertz CT molecular complexity index is 509. The summed E-state index contributed by atoms with van der Waals surface area (Å²) in [6.07, 6.45) is 2.73. The monoisotopic (exact) mass is 274 g/mol. The zero-order valence-electron chi connectivity index (χ0n) is 13.0. The molecule has 0 bridgehead atoms. The number of para-hydroxylation sites is 1. The van der Waals surface area contributed by atoms with Gasteiger partial charge in [0.1, 0.15) is 5.54 Å². The van der Waals surface area contributed by atoms with Crippen LogP contribution in [0, 0.1) is 18.3 Å². The second-order valence-electron chi connectivity index (χ2n) is 7.24. The lowest BCUT2D eigenvalue weighted by atomic mass is 9.64. The van der Waals surface area contributed by atoms with Crippen LogP contribution in [0.25, 0.3) is 0 Å². The predicted molar refractivity (Wildman–Crippen MR) is 83.5 cm³/mol. The van der Waals surface area contributed by atoms with Crippen LogP contribution in [0.4, 0.5) is 5.69 Å². The first-order valence-corrected chi connectivity index (χ1v) is 7.38. The highest BCUT2D eigenvalue weighted by Crippen LogP contribution is 2.45. The number of primary amides is 1. The number of carbonyl (C=O) groups excluding carboxylic acids is 1. The Morgan fingerprint density at radius 3 is 2.50 bits per heavy atom. The third-order valence-electron chi connectivity index (χ3n) is 4.37. The van der Waals surface area contributed by atoms with E-state index in [4.69, 9.17) is 5.73 Å². The van der Waals surface area contributed by atoms with Gasteiger partial charge in [-0.2, -0.15) is 0 Å². The molecule has 1 aromatic carbocycles. The Balaban J connectivity index is 2.36. The van der Waals surface area contributed by atoms with Gasteiger partial charge in [0.2, 0.25) is 5.91 Å². The molecule has 1 aliphatic rings. The molecule has 2 unspecified atom stereocenters. The van der Waals surface area contributed by atoms with Gasteiger partial charge in [0.25, 0.3) is 0 Å². The van der Waals surface area contributed by atoms with Crippen LogP contribution in [-0.2, 0) is 4.79 Å². The molecule has 110 valence electrons. The highest BCUT2D eigenvalue weighted by atomic mass is 16.1. The van der Waals surface area contributed by atoms with E-state index in [1.165, 1.54) is 0 Å². The smallest absolute Gasteiger partial charge is 0.243 e. The number of aryl methyl sites for hydroxylation is 1. The van der Waals surface area contributed by atoms with Gasteiger partial charge in [0, 0.05) is 5.69 Å². The minimum Gasteiger partial charge on any atom is -0.371 e. The van der Waals surface area contributed by atoms with E-state index in [2.05, 4.69) is 39.1 Å². The Hall–Kier alpha value is -1.51. The standard InChI is InChI=1S/C17H26N2O/c1-12-9-16(3,4)11-17(10-12,15(18)20)19-14-8-6-5-7-13(14)2/h5-8,12,19H,9-11H2,1-4H3,(H2,18,20). The summed E-state index contributed by atoms with van der Waals surface area (Å²) >= 11 is 0. The highest BCUT2D eigenvalue weighted by Gasteiger charge is 2.47. The molecular formula is C17H26N2O. The molecule has 1 saturated carbocycles. The Labute approximate surface area is 121 Å². The number of hydrogen-bond acceptors (Lipinski definition) is 2. The highest BCUT2D eigenvalue weighted by molar-refractivity contribution is 5.88. The summed E-state index contributed by atoms with van der Waals surface area (Å²) < 4.78 is 0. The molecule has 0 spiro atoms. The summed E-state index contributed by atoms with van der Waals surface area (Å²) in [5.41, 5.74) is 7.43. The second kappa shape index (κ2) is 5.12. The summed E-state index contributed by atoms with van der Waals surface area (Å²) in [5.74, 6) is 0.253. The summed E-state index contributed by atoms with van der Waals surface area (Å²) in [6, 6.07) is 8.06. The van der Waals surface area contributed by atoms with Crippen LogP contribution >= 0.6 is 0 Å². The minimum absolute atomic E-state index is 0.127. The topological polar surface area (TPSA) is 55.1 Å². The molecule has 2 rings (SSSR count). The van der Waals surface area contributed by atoms with Crippen molar-refractivity contribution in [1.82, 2.24) is 0 Å². The van der Waals surface area contributed by atoms with Crippen molar-refractivity contribution in [2.45, 2.75) is 52.5 Å². The fourth-order valence-electron chi connectivity index (χ4n) is 3.89. The largest absolute Gasteiger partial charge is 0.371 e. The van der Waals surface area contributed by atoms with E-state index >= 15 is 0 Å². The normalized spacial score (nSPS) is 28.9. The summed E-state index contributed by atoms with van der Waals surface area (Å²) in [7, 11) is 0. The zero-order chi connectivity index (χ0) is 15.0. The molecule has 0 aromatic heterocycles. The van der Waals surface area contributed by atoms with Gasteiger partial charge in [-0.3, -0.25) is 4.79 Å². The quantitative estimate of drug-likeness (QED) is 0.886. The summed E-state index contributed by atoms with van der Waals surface area (Å²) in [4.78, 5) is 12.2. The van der Waals surface area contributed by atoms with Crippen molar-refractivity contribution in [3.05, 3.63) is 29.8 Å². The van der Waals surface area contributed by atoms with Gasteiger partial charge in [-0.1, -0.05) is 39.0 Å². The van der Waals surface area contributed by atoms with Crippen molar-refractivity contribution >= 4 is 11.6 Å². The maximum atomic E-state index is 12.2. The zero-order valence-corrected chi connectivity index (χ0v) is 13.0. The SMILES string of the molecule is Cc1ccccc1NC1(C(N)=O)CC(C)CC(C)(C)C1. The van der Waals surface area contributed by atoms with Gasteiger partial charge in [0.05, 0.1) is 0 Å². The van der Waals surface area contributed by atoms with Gasteiger partial charge in [0.15, 0.2) is 0 Å². The number of nitrogens with two attached hydrogens (primary N) is 1. The van der Waals surface area contributed by atoms with Gasteiger partial charge in [-0.15, -0.1) is 0 Å². The average Bonchev–Trinajstić information content (AvgIpc) is 2.29. The molecule has 3 nitrogen and oxygen atoms in total. The van der Waals surface area contributed by atoms with Crippen LogP contribution < -0.4 is 11.1 Å². The molecule has 3 N–H and O–H groups in total. The van der Waals surface area contributed by atoms with Gasteiger partial charge >= 0.3 is 0 Å². The lowest BCUT2D eigenvalue weighted by Gasteiger charge is -2.46. The maximum Gasteiger partial charge on any atom is 0.243 e. The van der Waals surface area contributed by atoms with E-state index in [1.54, 1.807) is 0 Å². The van der Waals surface area contributed by atoms with Crippen LogP contribution in [0.3, 0.4) is 0 Å². The van der Waals surface area contributed by atoms with Crippen molar-refractivity contribution in [3.8, 4) is 0 Å². The lowest BCUT2D eigenvalue weighted by Crippen LogP contribution is -2.56. The molecule has 0 radical (unpaired) electrons. The van der Waals surface area contributed by atoms with Crippen LogP contribution in [0.5, 0.6) is 0 Å².